The highest BCUT2D eigenvalue weighted by molar-refractivity contribution is 7.16. The minimum atomic E-state index is -0.455. The second-order valence-electron chi connectivity index (χ2n) is 4.50. The van der Waals surface area contributed by atoms with Crippen LogP contribution >= 0.6 is 11.3 Å². The number of rotatable bonds is 4. The van der Waals surface area contributed by atoms with E-state index in [-0.39, 0.29) is 5.82 Å². The third-order valence-electron chi connectivity index (χ3n) is 3.06. The minimum absolute atomic E-state index is 0.296. The van der Waals surface area contributed by atoms with Gasteiger partial charge in [0.05, 0.1) is 7.11 Å². The van der Waals surface area contributed by atoms with Gasteiger partial charge in [0.25, 0.3) is 0 Å². The van der Waals surface area contributed by atoms with Gasteiger partial charge in [-0.1, -0.05) is 12.1 Å². The van der Waals surface area contributed by atoms with Crippen LogP contribution in [0.25, 0.3) is 27.9 Å². The number of nitrogens with zero attached hydrogens (tertiary/aromatic N) is 3. The van der Waals surface area contributed by atoms with Crippen LogP contribution in [0.3, 0.4) is 0 Å². The summed E-state index contributed by atoms with van der Waals surface area (Å²) < 4.78 is 17.7. The van der Waals surface area contributed by atoms with Crippen LogP contribution < -0.4 is 0 Å². The van der Waals surface area contributed by atoms with E-state index in [9.17, 15) is 9.18 Å². The highest BCUT2D eigenvalue weighted by Gasteiger charge is 2.14. The molecule has 0 amide bonds. The molecule has 0 aliphatic rings. The number of hydrogen-bond donors (Lipinski definition) is 1. The molecule has 0 saturated carbocycles. The summed E-state index contributed by atoms with van der Waals surface area (Å²) in [4.78, 5) is 13.0. The number of carbonyl (C=O) groups excluding carboxylic acids is 1. The van der Waals surface area contributed by atoms with Gasteiger partial charge in [-0.05, 0) is 40.3 Å². The van der Waals surface area contributed by atoms with Crippen molar-refractivity contribution in [1.29, 1.82) is 0 Å². The maximum absolute atomic E-state index is 13.1. The molecule has 0 aliphatic heterocycles. The molecule has 6 nitrogen and oxygen atoms in total. The Bertz CT molecular complexity index is 841. The lowest BCUT2D eigenvalue weighted by Crippen LogP contribution is -1.93. The normalized spacial score (nSPS) is 11.0. The number of esters is 1. The molecule has 3 aromatic rings. The lowest BCUT2D eigenvalue weighted by Gasteiger charge is -1.95. The van der Waals surface area contributed by atoms with E-state index in [0.29, 0.717) is 5.82 Å². The summed E-state index contributed by atoms with van der Waals surface area (Å²) in [5.41, 5.74) is 1.61. The van der Waals surface area contributed by atoms with Gasteiger partial charge in [-0.3, -0.25) is 0 Å². The van der Waals surface area contributed by atoms with Gasteiger partial charge in [0, 0.05) is 21.4 Å². The monoisotopic (exact) mass is 330 g/mol. The number of halogens is 1. The number of thiophene rings is 1. The van der Waals surface area contributed by atoms with Crippen LogP contribution in [0.1, 0.15) is 4.88 Å². The zero-order valence-corrected chi connectivity index (χ0v) is 12.8. The van der Waals surface area contributed by atoms with E-state index in [1.165, 1.54) is 36.7 Å². The van der Waals surface area contributed by atoms with Gasteiger partial charge in [0.15, 0.2) is 5.82 Å². The van der Waals surface area contributed by atoms with E-state index in [4.69, 9.17) is 0 Å². The Morgan fingerprint density at radius 2 is 2.13 bits per heavy atom. The van der Waals surface area contributed by atoms with Crippen molar-refractivity contribution in [3.05, 3.63) is 47.1 Å². The van der Waals surface area contributed by atoms with Crippen LogP contribution in [0.15, 0.2) is 36.4 Å². The van der Waals surface area contributed by atoms with Crippen molar-refractivity contribution in [2.24, 2.45) is 0 Å². The first kappa shape index (κ1) is 15.0. The molecule has 0 fully saturated rings. The molecular formula is C15H11FN4O2S. The van der Waals surface area contributed by atoms with Crippen molar-refractivity contribution in [2.45, 2.75) is 0 Å². The number of carbonyl (C=O) groups is 1. The van der Waals surface area contributed by atoms with E-state index in [2.05, 4.69) is 25.4 Å². The highest BCUT2D eigenvalue weighted by Crippen LogP contribution is 2.36. The van der Waals surface area contributed by atoms with Crippen molar-refractivity contribution in [1.82, 2.24) is 20.6 Å². The van der Waals surface area contributed by atoms with Crippen LogP contribution in [0, 0.1) is 5.82 Å². The van der Waals surface area contributed by atoms with Crippen molar-refractivity contribution in [2.75, 3.05) is 7.11 Å². The lowest BCUT2D eigenvalue weighted by atomic mass is 10.1. The summed E-state index contributed by atoms with van der Waals surface area (Å²) in [5.74, 6) is -0.265. The zero-order chi connectivity index (χ0) is 16.2. The van der Waals surface area contributed by atoms with Crippen molar-refractivity contribution in [3.8, 4) is 21.8 Å². The SMILES string of the molecule is COC(=O)C=Cc1sc(-c2ccc(F)cc2)cc1-c1nnn[nH]1. The number of hydrogen-bond acceptors (Lipinski definition) is 6. The van der Waals surface area contributed by atoms with Crippen molar-refractivity contribution in [3.63, 3.8) is 0 Å². The van der Waals surface area contributed by atoms with Crippen LogP contribution in [0.2, 0.25) is 0 Å². The van der Waals surface area contributed by atoms with Gasteiger partial charge >= 0.3 is 5.97 Å². The van der Waals surface area contributed by atoms with E-state index in [0.717, 1.165) is 20.9 Å². The van der Waals surface area contributed by atoms with Crippen LogP contribution in [-0.4, -0.2) is 33.7 Å². The third-order valence-corrected chi connectivity index (χ3v) is 4.21. The molecular weight excluding hydrogens is 319 g/mol. The number of H-pyrrole nitrogens is 1. The van der Waals surface area contributed by atoms with Crippen LogP contribution in [-0.2, 0) is 9.53 Å². The molecule has 0 saturated heterocycles. The Labute approximate surface area is 134 Å². The summed E-state index contributed by atoms with van der Waals surface area (Å²) >= 11 is 1.44. The molecule has 3 rings (SSSR count). The van der Waals surface area contributed by atoms with Crippen LogP contribution in [0.5, 0.6) is 0 Å². The summed E-state index contributed by atoms with van der Waals surface area (Å²) in [5, 5.41) is 13.7. The fourth-order valence-corrected chi connectivity index (χ4v) is 3.02. The fourth-order valence-electron chi connectivity index (χ4n) is 1.96. The number of benzene rings is 1. The van der Waals surface area contributed by atoms with Gasteiger partial charge < -0.3 is 4.74 Å². The first-order valence-electron chi connectivity index (χ1n) is 6.57. The molecule has 1 aromatic carbocycles. The standard InChI is InChI=1S/C15H11FN4O2S/c1-22-14(21)7-6-12-11(15-17-19-20-18-15)8-13(23-12)9-2-4-10(16)5-3-9/h2-8H,1H3,(H,17,18,19,20). The summed E-state index contributed by atoms with van der Waals surface area (Å²) in [6.45, 7) is 0. The van der Waals surface area contributed by atoms with E-state index < -0.39 is 5.97 Å². The van der Waals surface area contributed by atoms with Crippen LogP contribution in [0.4, 0.5) is 4.39 Å². The number of ether oxygens (including phenoxy) is 1. The molecule has 116 valence electrons. The molecule has 1 N–H and O–H groups in total. The maximum Gasteiger partial charge on any atom is 0.330 e. The lowest BCUT2D eigenvalue weighted by molar-refractivity contribution is -0.134. The molecule has 2 aromatic heterocycles. The summed E-state index contributed by atoms with van der Waals surface area (Å²) in [6.07, 6.45) is 2.97. The molecule has 0 aliphatic carbocycles. The molecule has 0 radical (unpaired) electrons. The number of tetrazole rings is 1. The summed E-state index contributed by atoms with van der Waals surface area (Å²) in [6, 6.07) is 8.06. The van der Waals surface area contributed by atoms with Crippen molar-refractivity contribution < 1.29 is 13.9 Å². The van der Waals surface area contributed by atoms with Gasteiger partial charge in [0.2, 0.25) is 0 Å². The first-order chi connectivity index (χ1) is 11.2. The van der Waals surface area contributed by atoms with E-state index in [1.54, 1.807) is 18.2 Å². The highest BCUT2D eigenvalue weighted by atomic mass is 32.1. The topological polar surface area (TPSA) is 80.8 Å². The second kappa shape index (κ2) is 6.49. The minimum Gasteiger partial charge on any atom is -0.466 e. The Hall–Kier alpha value is -2.87. The fraction of sp³-hybridized carbons (Fsp3) is 0.0667. The second-order valence-corrected chi connectivity index (χ2v) is 5.59. The summed E-state index contributed by atoms with van der Waals surface area (Å²) in [7, 11) is 1.31. The maximum atomic E-state index is 13.1. The average Bonchev–Trinajstić information content (AvgIpc) is 3.22. The van der Waals surface area contributed by atoms with E-state index >= 15 is 0 Å². The molecule has 0 bridgehead atoms. The smallest absolute Gasteiger partial charge is 0.330 e. The van der Waals surface area contributed by atoms with Gasteiger partial charge in [-0.25, -0.2) is 14.3 Å². The van der Waals surface area contributed by atoms with Gasteiger partial charge in [0.1, 0.15) is 5.82 Å². The third kappa shape index (κ3) is 3.32. The number of aromatic amines is 1. The number of methoxy groups -OCH3 is 1. The Morgan fingerprint density at radius 3 is 2.78 bits per heavy atom. The first-order valence-corrected chi connectivity index (χ1v) is 7.39. The number of aromatic nitrogens is 4. The number of nitrogens with one attached hydrogen (secondary N) is 1. The molecule has 0 unspecified atom stereocenters. The molecule has 2 heterocycles. The largest absolute Gasteiger partial charge is 0.466 e. The molecule has 23 heavy (non-hydrogen) atoms. The molecule has 0 spiro atoms. The molecule has 0 atom stereocenters. The van der Waals surface area contributed by atoms with Gasteiger partial charge in [-0.2, -0.15) is 0 Å². The quantitative estimate of drug-likeness (QED) is 0.587. The zero-order valence-electron chi connectivity index (χ0n) is 12.0. The van der Waals surface area contributed by atoms with Gasteiger partial charge in [-0.15, -0.1) is 16.4 Å². The predicted octanol–water partition coefficient (Wildman–Crippen LogP) is 2.92. The predicted molar refractivity (Wildman–Crippen MR) is 83.9 cm³/mol. The molecule has 8 heteroatoms. The van der Waals surface area contributed by atoms with E-state index in [1.807, 2.05) is 6.07 Å². The van der Waals surface area contributed by atoms with Crippen molar-refractivity contribution >= 4 is 23.4 Å². The Kier molecular flexibility index (Phi) is 4.24. The average molecular weight is 330 g/mol. The Balaban J connectivity index is 2.04. The Morgan fingerprint density at radius 1 is 1.35 bits per heavy atom.